The minimum atomic E-state index is -0.0520. The van der Waals surface area contributed by atoms with E-state index in [1.54, 1.807) is 0 Å². The van der Waals surface area contributed by atoms with Crippen LogP contribution >= 0.6 is 11.3 Å². The number of thiophene rings is 1. The highest BCUT2D eigenvalue weighted by Crippen LogP contribution is 2.23. The number of amides is 1. The Balaban J connectivity index is 2.75. The van der Waals surface area contributed by atoms with Gasteiger partial charge in [-0.05, 0) is 35.8 Å². The summed E-state index contributed by atoms with van der Waals surface area (Å²) in [4.78, 5) is 12.8. The van der Waals surface area contributed by atoms with Gasteiger partial charge in [-0.25, -0.2) is 0 Å². The molecule has 4 heteroatoms. The first kappa shape index (κ1) is 14.2. The highest BCUT2D eigenvalue weighted by molar-refractivity contribution is 7.12. The van der Waals surface area contributed by atoms with E-state index in [0.29, 0.717) is 6.42 Å². The van der Waals surface area contributed by atoms with Gasteiger partial charge in [-0.15, -0.1) is 11.3 Å². The number of carbonyl (C=O) groups is 1. The summed E-state index contributed by atoms with van der Waals surface area (Å²) >= 11 is 1.45. The zero-order valence-corrected chi connectivity index (χ0v) is 11.7. The molecular weight excluding hydrogens is 234 g/mol. The molecule has 1 aromatic heterocycles. The van der Waals surface area contributed by atoms with Crippen LogP contribution in [-0.2, 0) is 0 Å². The van der Waals surface area contributed by atoms with Gasteiger partial charge in [0.2, 0.25) is 0 Å². The Morgan fingerprint density at radius 2 is 2.18 bits per heavy atom. The summed E-state index contributed by atoms with van der Waals surface area (Å²) in [5, 5.41) is 14.0. The molecule has 0 bridgehead atoms. The van der Waals surface area contributed by atoms with Gasteiger partial charge < -0.3 is 10.4 Å². The second kappa shape index (κ2) is 5.65. The third kappa shape index (κ3) is 3.82. The molecule has 0 saturated carbocycles. The van der Waals surface area contributed by atoms with Crippen molar-refractivity contribution in [2.24, 2.45) is 5.41 Å². The summed E-state index contributed by atoms with van der Waals surface area (Å²) in [6.07, 6.45) is 0.583. The van der Waals surface area contributed by atoms with Crippen molar-refractivity contribution in [3.8, 4) is 0 Å². The van der Waals surface area contributed by atoms with Crippen molar-refractivity contribution >= 4 is 17.2 Å². The molecule has 2 N–H and O–H groups in total. The van der Waals surface area contributed by atoms with Crippen molar-refractivity contribution < 1.29 is 9.90 Å². The van der Waals surface area contributed by atoms with Gasteiger partial charge in [0.05, 0.1) is 4.88 Å². The molecule has 1 aromatic rings. The molecule has 1 rings (SSSR count). The molecule has 0 saturated heterocycles. The average molecular weight is 255 g/mol. The number of hydrogen-bond donors (Lipinski definition) is 2. The highest BCUT2D eigenvalue weighted by atomic mass is 32.1. The normalized spacial score (nSPS) is 13.5. The maximum atomic E-state index is 12.1. The van der Waals surface area contributed by atoms with E-state index in [1.165, 1.54) is 11.3 Å². The fraction of sp³-hybridized carbons (Fsp3) is 0.615. The zero-order chi connectivity index (χ0) is 13.1. The second-order valence-corrected chi connectivity index (χ2v) is 6.25. The van der Waals surface area contributed by atoms with Crippen molar-refractivity contribution in [1.82, 2.24) is 5.32 Å². The van der Waals surface area contributed by atoms with E-state index >= 15 is 0 Å². The van der Waals surface area contributed by atoms with Crippen molar-refractivity contribution in [3.63, 3.8) is 0 Å². The molecule has 1 atom stereocenters. The summed E-state index contributed by atoms with van der Waals surface area (Å²) in [7, 11) is 0. The van der Waals surface area contributed by atoms with Gasteiger partial charge in [0.25, 0.3) is 5.91 Å². The van der Waals surface area contributed by atoms with Crippen LogP contribution in [0, 0.1) is 12.3 Å². The average Bonchev–Trinajstić information content (AvgIpc) is 2.62. The molecule has 0 aromatic carbocycles. The lowest BCUT2D eigenvalue weighted by Gasteiger charge is -2.31. The first-order chi connectivity index (χ1) is 7.86. The molecule has 0 aliphatic heterocycles. The Hall–Kier alpha value is -0.870. The van der Waals surface area contributed by atoms with Crippen LogP contribution in [0.4, 0.5) is 0 Å². The topological polar surface area (TPSA) is 49.3 Å². The second-order valence-electron chi connectivity index (χ2n) is 5.34. The molecule has 0 spiro atoms. The van der Waals surface area contributed by atoms with Crippen LogP contribution in [0.3, 0.4) is 0 Å². The monoisotopic (exact) mass is 255 g/mol. The van der Waals surface area contributed by atoms with Crippen molar-refractivity contribution in [3.05, 3.63) is 21.9 Å². The lowest BCUT2D eigenvalue weighted by molar-refractivity contribution is 0.0889. The lowest BCUT2D eigenvalue weighted by atomic mass is 9.85. The molecule has 17 heavy (non-hydrogen) atoms. The van der Waals surface area contributed by atoms with Gasteiger partial charge >= 0.3 is 0 Å². The maximum absolute atomic E-state index is 12.1. The Bertz CT molecular complexity index is 379. The fourth-order valence-electron chi connectivity index (χ4n) is 1.68. The summed E-state index contributed by atoms with van der Waals surface area (Å²) < 4.78 is 0. The first-order valence-electron chi connectivity index (χ1n) is 5.82. The molecule has 96 valence electrons. The van der Waals surface area contributed by atoms with E-state index in [2.05, 4.69) is 26.1 Å². The number of aliphatic hydroxyl groups excluding tert-OH is 1. The van der Waals surface area contributed by atoms with Gasteiger partial charge in [-0.2, -0.15) is 0 Å². The van der Waals surface area contributed by atoms with E-state index in [0.717, 1.165) is 10.4 Å². The van der Waals surface area contributed by atoms with Gasteiger partial charge in [-0.3, -0.25) is 4.79 Å². The van der Waals surface area contributed by atoms with Crippen LogP contribution < -0.4 is 5.32 Å². The SMILES string of the molecule is Cc1ccsc1C(=O)N[C@H](CCO)C(C)(C)C. The summed E-state index contributed by atoms with van der Waals surface area (Å²) in [6.45, 7) is 8.22. The summed E-state index contributed by atoms with van der Waals surface area (Å²) in [6, 6.07) is 1.93. The van der Waals surface area contributed by atoms with Crippen molar-refractivity contribution in [2.45, 2.75) is 40.2 Å². The number of carbonyl (C=O) groups excluding carboxylic acids is 1. The minimum absolute atomic E-state index is 0.0125. The van der Waals surface area contributed by atoms with E-state index in [-0.39, 0.29) is 24.0 Å². The molecule has 0 fully saturated rings. The summed E-state index contributed by atoms with van der Waals surface area (Å²) in [5.41, 5.74) is 0.952. The third-order valence-electron chi connectivity index (χ3n) is 2.84. The largest absolute Gasteiger partial charge is 0.396 e. The molecule has 1 heterocycles. The molecule has 0 unspecified atom stereocenters. The molecule has 3 nitrogen and oxygen atoms in total. The van der Waals surface area contributed by atoms with Crippen molar-refractivity contribution in [1.29, 1.82) is 0 Å². The van der Waals surface area contributed by atoms with E-state index < -0.39 is 0 Å². The number of aliphatic hydroxyl groups is 1. The van der Waals surface area contributed by atoms with Crippen LogP contribution in [0.15, 0.2) is 11.4 Å². The van der Waals surface area contributed by atoms with Crippen LogP contribution in [0.1, 0.15) is 42.4 Å². The lowest BCUT2D eigenvalue weighted by Crippen LogP contribution is -2.44. The Kier molecular flexibility index (Phi) is 4.71. The van der Waals surface area contributed by atoms with Gasteiger partial charge in [-0.1, -0.05) is 20.8 Å². The quantitative estimate of drug-likeness (QED) is 0.868. The first-order valence-corrected chi connectivity index (χ1v) is 6.70. The Morgan fingerprint density at radius 3 is 2.59 bits per heavy atom. The standard InChI is InChI=1S/C13H21NO2S/c1-9-6-8-17-11(9)12(16)14-10(5-7-15)13(2,3)4/h6,8,10,15H,5,7H2,1-4H3,(H,14,16)/t10-/m1/s1. The van der Waals surface area contributed by atoms with Crippen LogP contribution in [-0.4, -0.2) is 23.7 Å². The molecular formula is C13H21NO2S. The predicted octanol–water partition coefficient (Wildman–Crippen LogP) is 2.58. The smallest absolute Gasteiger partial charge is 0.261 e. The maximum Gasteiger partial charge on any atom is 0.261 e. The highest BCUT2D eigenvalue weighted by Gasteiger charge is 2.26. The summed E-state index contributed by atoms with van der Waals surface area (Å²) in [5.74, 6) is -0.0362. The zero-order valence-electron chi connectivity index (χ0n) is 10.9. The molecule has 0 aliphatic carbocycles. The molecule has 0 radical (unpaired) electrons. The number of aryl methyl sites for hydroxylation is 1. The molecule has 0 aliphatic rings. The Morgan fingerprint density at radius 1 is 1.53 bits per heavy atom. The molecule has 1 amide bonds. The van der Waals surface area contributed by atoms with E-state index in [4.69, 9.17) is 5.11 Å². The van der Waals surface area contributed by atoms with Crippen LogP contribution in [0.2, 0.25) is 0 Å². The van der Waals surface area contributed by atoms with Gasteiger partial charge in [0, 0.05) is 12.6 Å². The van der Waals surface area contributed by atoms with Gasteiger partial charge in [0.15, 0.2) is 0 Å². The predicted molar refractivity (Wildman–Crippen MR) is 71.5 cm³/mol. The van der Waals surface area contributed by atoms with Crippen molar-refractivity contribution in [2.75, 3.05) is 6.61 Å². The number of rotatable bonds is 4. The Labute approximate surface area is 107 Å². The number of hydrogen-bond acceptors (Lipinski definition) is 3. The minimum Gasteiger partial charge on any atom is -0.396 e. The van der Waals surface area contributed by atoms with E-state index in [9.17, 15) is 4.79 Å². The third-order valence-corrected chi connectivity index (χ3v) is 3.85. The van der Waals surface area contributed by atoms with Crippen LogP contribution in [0.5, 0.6) is 0 Å². The van der Waals surface area contributed by atoms with E-state index in [1.807, 2.05) is 18.4 Å². The van der Waals surface area contributed by atoms with Gasteiger partial charge in [0.1, 0.15) is 0 Å². The number of nitrogens with one attached hydrogen (secondary N) is 1. The van der Waals surface area contributed by atoms with Crippen LogP contribution in [0.25, 0.3) is 0 Å². The fourth-order valence-corrected chi connectivity index (χ4v) is 2.51.